The predicted molar refractivity (Wildman–Crippen MR) is 109 cm³/mol. The van der Waals surface area contributed by atoms with Gasteiger partial charge in [-0.05, 0) is 30.3 Å². The highest BCUT2D eigenvalue weighted by atomic mass is 16.5. The van der Waals surface area contributed by atoms with Gasteiger partial charge in [0.2, 0.25) is 11.8 Å². The van der Waals surface area contributed by atoms with Crippen LogP contribution >= 0.6 is 0 Å². The number of hydrogen-bond donors (Lipinski definition) is 1. The summed E-state index contributed by atoms with van der Waals surface area (Å²) >= 11 is 0. The van der Waals surface area contributed by atoms with Gasteiger partial charge in [-0.2, -0.15) is 0 Å². The number of nitrogens with zero attached hydrogens (tertiary/aromatic N) is 3. The number of rotatable bonds is 6. The fraction of sp³-hybridized carbons (Fsp3) is 0.136. The molecule has 2 heterocycles. The lowest BCUT2D eigenvalue weighted by Crippen LogP contribution is -2.14. The van der Waals surface area contributed by atoms with Crippen molar-refractivity contribution in [2.24, 2.45) is 0 Å². The number of para-hydroxylation sites is 3. The Kier molecular flexibility index (Phi) is 5.01. The normalized spacial score (nSPS) is 10.8. The number of aromatic nitrogens is 3. The van der Waals surface area contributed by atoms with Crippen molar-refractivity contribution in [3.8, 4) is 11.6 Å². The molecular formula is C22H20N4O2. The van der Waals surface area contributed by atoms with Crippen LogP contribution in [0.15, 0.2) is 72.9 Å². The molecule has 4 aromatic rings. The van der Waals surface area contributed by atoms with Crippen LogP contribution in [0.25, 0.3) is 16.7 Å². The Bertz CT molecular complexity index is 1090. The number of pyridine rings is 1. The molecule has 0 radical (unpaired) electrons. The van der Waals surface area contributed by atoms with E-state index < -0.39 is 0 Å². The van der Waals surface area contributed by atoms with Crippen molar-refractivity contribution in [2.75, 3.05) is 12.4 Å². The van der Waals surface area contributed by atoms with Crippen LogP contribution in [-0.2, 0) is 11.2 Å². The fourth-order valence-electron chi connectivity index (χ4n) is 3.13. The molecule has 1 amide bonds. The van der Waals surface area contributed by atoms with Gasteiger partial charge in [-0.3, -0.25) is 9.36 Å². The molecule has 0 atom stereocenters. The van der Waals surface area contributed by atoms with E-state index >= 15 is 0 Å². The van der Waals surface area contributed by atoms with Gasteiger partial charge in [-0.15, -0.1) is 0 Å². The zero-order valence-electron chi connectivity index (χ0n) is 15.5. The van der Waals surface area contributed by atoms with E-state index in [1.54, 1.807) is 25.4 Å². The van der Waals surface area contributed by atoms with Gasteiger partial charge >= 0.3 is 0 Å². The van der Waals surface area contributed by atoms with Crippen LogP contribution in [0.3, 0.4) is 0 Å². The van der Waals surface area contributed by atoms with E-state index in [9.17, 15) is 4.79 Å². The maximum absolute atomic E-state index is 12.4. The second-order valence-electron chi connectivity index (χ2n) is 6.33. The Morgan fingerprint density at radius 1 is 1.04 bits per heavy atom. The number of amides is 1. The van der Waals surface area contributed by atoms with E-state index in [0.717, 1.165) is 22.5 Å². The van der Waals surface area contributed by atoms with Crippen molar-refractivity contribution in [2.45, 2.75) is 12.8 Å². The summed E-state index contributed by atoms with van der Waals surface area (Å²) in [6, 6.07) is 21.5. The molecule has 0 aliphatic rings. The molecule has 2 aromatic carbocycles. The average molecular weight is 372 g/mol. The number of methoxy groups -OCH3 is 1. The van der Waals surface area contributed by atoms with Crippen molar-refractivity contribution in [1.82, 2.24) is 14.5 Å². The first-order chi connectivity index (χ1) is 13.7. The van der Waals surface area contributed by atoms with E-state index in [0.29, 0.717) is 24.4 Å². The van der Waals surface area contributed by atoms with Crippen molar-refractivity contribution < 1.29 is 9.53 Å². The number of nitrogens with one attached hydrogen (secondary N) is 1. The molecule has 0 saturated carbocycles. The zero-order valence-corrected chi connectivity index (χ0v) is 15.5. The first-order valence-electron chi connectivity index (χ1n) is 9.06. The van der Waals surface area contributed by atoms with Crippen LogP contribution in [0.2, 0.25) is 0 Å². The second kappa shape index (κ2) is 7.92. The Balaban J connectivity index is 1.53. The number of aryl methyl sites for hydroxylation is 1. The third-order valence-corrected chi connectivity index (χ3v) is 4.45. The number of carbonyl (C=O) groups excluding carboxylic acids is 1. The number of hydrogen-bond acceptors (Lipinski definition) is 4. The highest BCUT2D eigenvalue weighted by Crippen LogP contribution is 2.22. The number of carbonyl (C=O) groups is 1. The van der Waals surface area contributed by atoms with E-state index in [1.807, 2.05) is 54.6 Å². The molecule has 140 valence electrons. The monoisotopic (exact) mass is 372 g/mol. The van der Waals surface area contributed by atoms with Gasteiger partial charge < -0.3 is 10.1 Å². The Labute approximate surface area is 162 Å². The van der Waals surface area contributed by atoms with Gasteiger partial charge in [0.05, 0.1) is 30.0 Å². The maximum Gasteiger partial charge on any atom is 0.224 e. The molecule has 6 nitrogen and oxygen atoms in total. The van der Waals surface area contributed by atoms with Crippen LogP contribution in [0.5, 0.6) is 5.88 Å². The first kappa shape index (κ1) is 17.7. The molecule has 0 spiro atoms. The van der Waals surface area contributed by atoms with Crippen LogP contribution in [0.4, 0.5) is 5.69 Å². The first-order valence-corrected chi connectivity index (χ1v) is 9.06. The summed E-state index contributed by atoms with van der Waals surface area (Å²) in [6.45, 7) is 0. The number of ether oxygens (including phenoxy) is 1. The summed E-state index contributed by atoms with van der Waals surface area (Å²) in [6.07, 6.45) is 2.43. The third-order valence-electron chi connectivity index (χ3n) is 4.45. The molecule has 0 bridgehead atoms. The van der Waals surface area contributed by atoms with Gasteiger partial charge in [0, 0.05) is 24.6 Å². The fourth-order valence-corrected chi connectivity index (χ4v) is 3.13. The molecule has 0 aliphatic carbocycles. The van der Waals surface area contributed by atoms with Gasteiger partial charge in [0.1, 0.15) is 5.82 Å². The van der Waals surface area contributed by atoms with Crippen molar-refractivity contribution in [3.63, 3.8) is 0 Å². The predicted octanol–water partition coefficient (Wildman–Crippen LogP) is 4.00. The van der Waals surface area contributed by atoms with Gasteiger partial charge in [-0.1, -0.05) is 30.3 Å². The lowest BCUT2D eigenvalue weighted by atomic mass is 10.2. The minimum atomic E-state index is -0.0846. The number of imidazole rings is 1. The molecule has 0 saturated heterocycles. The maximum atomic E-state index is 12.4. The van der Waals surface area contributed by atoms with Crippen LogP contribution in [-0.4, -0.2) is 27.6 Å². The molecule has 2 aromatic heterocycles. The Hall–Kier alpha value is -3.67. The highest BCUT2D eigenvalue weighted by molar-refractivity contribution is 5.90. The standard InChI is InChI=1S/C22H20N4O2/c1-28-22-14-11-16(15-23-22)24-21(27)13-12-20-25-18-9-5-6-10-19(18)26(20)17-7-3-2-4-8-17/h2-11,14-15H,12-13H2,1H3,(H,24,27). The Morgan fingerprint density at radius 3 is 2.57 bits per heavy atom. The molecular weight excluding hydrogens is 352 g/mol. The zero-order chi connectivity index (χ0) is 19.3. The minimum Gasteiger partial charge on any atom is -0.481 e. The van der Waals surface area contributed by atoms with Crippen molar-refractivity contribution >= 4 is 22.6 Å². The van der Waals surface area contributed by atoms with E-state index in [-0.39, 0.29) is 5.91 Å². The van der Waals surface area contributed by atoms with Crippen molar-refractivity contribution in [1.29, 1.82) is 0 Å². The summed E-state index contributed by atoms with van der Waals surface area (Å²) in [5, 5.41) is 2.86. The second-order valence-corrected chi connectivity index (χ2v) is 6.33. The average Bonchev–Trinajstić information content (AvgIpc) is 3.12. The topological polar surface area (TPSA) is 69.0 Å². The van der Waals surface area contributed by atoms with E-state index in [2.05, 4.69) is 14.9 Å². The lowest BCUT2D eigenvalue weighted by Gasteiger charge is -2.09. The Morgan fingerprint density at radius 2 is 1.82 bits per heavy atom. The molecule has 4 rings (SSSR count). The molecule has 6 heteroatoms. The van der Waals surface area contributed by atoms with Gasteiger partial charge in [0.15, 0.2) is 0 Å². The van der Waals surface area contributed by atoms with Crippen molar-refractivity contribution in [3.05, 3.63) is 78.8 Å². The highest BCUT2D eigenvalue weighted by Gasteiger charge is 2.13. The molecule has 0 unspecified atom stereocenters. The van der Waals surface area contributed by atoms with Crippen LogP contribution in [0, 0.1) is 0 Å². The smallest absolute Gasteiger partial charge is 0.224 e. The van der Waals surface area contributed by atoms with Gasteiger partial charge in [-0.25, -0.2) is 9.97 Å². The number of benzene rings is 2. The molecule has 0 aliphatic heterocycles. The van der Waals surface area contributed by atoms with E-state index in [1.165, 1.54) is 0 Å². The number of fused-ring (bicyclic) bond motifs is 1. The van der Waals surface area contributed by atoms with E-state index in [4.69, 9.17) is 9.72 Å². The summed E-state index contributed by atoms with van der Waals surface area (Å²) in [7, 11) is 1.55. The summed E-state index contributed by atoms with van der Waals surface area (Å²) in [4.78, 5) is 21.2. The SMILES string of the molecule is COc1ccc(NC(=O)CCc2nc3ccccc3n2-c2ccccc2)cn1. The minimum absolute atomic E-state index is 0.0846. The van der Waals surface area contributed by atoms with Gasteiger partial charge in [0.25, 0.3) is 0 Å². The summed E-state index contributed by atoms with van der Waals surface area (Å²) < 4.78 is 7.14. The number of anilines is 1. The molecule has 0 fully saturated rings. The summed E-state index contributed by atoms with van der Waals surface area (Å²) in [5.41, 5.74) is 3.62. The lowest BCUT2D eigenvalue weighted by molar-refractivity contribution is -0.116. The molecule has 28 heavy (non-hydrogen) atoms. The quantitative estimate of drug-likeness (QED) is 0.555. The van der Waals surface area contributed by atoms with Crippen LogP contribution < -0.4 is 10.1 Å². The summed E-state index contributed by atoms with van der Waals surface area (Å²) in [5.74, 6) is 1.28. The van der Waals surface area contributed by atoms with Crippen LogP contribution in [0.1, 0.15) is 12.2 Å². The third kappa shape index (κ3) is 3.71. The molecule has 1 N–H and O–H groups in total. The largest absolute Gasteiger partial charge is 0.481 e.